The van der Waals surface area contributed by atoms with Crippen molar-refractivity contribution in [3.63, 3.8) is 0 Å². The summed E-state index contributed by atoms with van der Waals surface area (Å²) in [5.41, 5.74) is 0.175. The zero-order valence-corrected chi connectivity index (χ0v) is 12.8. The van der Waals surface area contributed by atoms with Gasteiger partial charge < -0.3 is 15.2 Å². The van der Waals surface area contributed by atoms with Gasteiger partial charge in [-0.1, -0.05) is 26.7 Å². The SMILES string of the molecule is CC(C)(C)OCC(O)CNC1CCCCC1(C)C. The van der Waals surface area contributed by atoms with Gasteiger partial charge in [0, 0.05) is 12.6 Å². The van der Waals surface area contributed by atoms with Crippen molar-refractivity contribution in [3.05, 3.63) is 0 Å². The van der Waals surface area contributed by atoms with E-state index in [1.807, 2.05) is 20.8 Å². The quantitative estimate of drug-likeness (QED) is 0.795. The lowest BCUT2D eigenvalue weighted by molar-refractivity contribution is -0.0495. The van der Waals surface area contributed by atoms with Crippen molar-refractivity contribution < 1.29 is 9.84 Å². The zero-order valence-electron chi connectivity index (χ0n) is 12.8. The van der Waals surface area contributed by atoms with Gasteiger partial charge in [0.25, 0.3) is 0 Å². The molecule has 0 amide bonds. The maximum Gasteiger partial charge on any atom is 0.0898 e. The molecule has 1 saturated carbocycles. The second kappa shape index (κ2) is 6.36. The average Bonchev–Trinajstić information content (AvgIpc) is 2.23. The molecule has 2 unspecified atom stereocenters. The molecule has 0 aromatic heterocycles. The van der Waals surface area contributed by atoms with Gasteiger partial charge >= 0.3 is 0 Å². The van der Waals surface area contributed by atoms with Crippen molar-refractivity contribution in [2.45, 2.75) is 78.0 Å². The molecule has 0 heterocycles. The predicted octanol–water partition coefficient (Wildman–Crippen LogP) is 2.72. The number of aliphatic hydroxyl groups is 1. The Morgan fingerprint density at radius 2 is 2.00 bits per heavy atom. The van der Waals surface area contributed by atoms with Crippen molar-refractivity contribution in [1.82, 2.24) is 5.32 Å². The summed E-state index contributed by atoms with van der Waals surface area (Å²) in [6, 6.07) is 0.524. The summed E-state index contributed by atoms with van der Waals surface area (Å²) in [5.74, 6) is 0. The van der Waals surface area contributed by atoms with E-state index >= 15 is 0 Å². The summed E-state index contributed by atoms with van der Waals surface area (Å²) in [7, 11) is 0. The first-order valence-electron chi connectivity index (χ1n) is 7.26. The minimum absolute atomic E-state index is 0.176. The first-order valence-corrected chi connectivity index (χ1v) is 7.26. The molecule has 0 spiro atoms. The van der Waals surface area contributed by atoms with Crippen molar-refractivity contribution in [3.8, 4) is 0 Å². The third-order valence-corrected chi connectivity index (χ3v) is 3.82. The van der Waals surface area contributed by atoms with Crippen LogP contribution in [0.3, 0.4) is 0 Å². The van der Waals surface area contributed by atoms with E-state index in [1.54, 1.807) is 0 Å². The highest BCUT2D eigenvalue weighted by atomic mass is 16.5. The highest BCUT2D eigenvalue weighted by Crippen LogP contribution is 2.35. The van der Waals surface area contributed by atoms with E-state index < -0.39 is 6.10 Å². The summed E-state index contributed by atoms with van der Waals surface area (Å²) in [5, 5.41) is 13.4. The van der Waals surface area contributed by atoms with Gasteiger partial charge in [0.2, 0.25) is 0 Å². The molecule has 0 aliphatic heterocycles. The average molecular weight is 257 g/mol. The van der Waals surface area contributed by atoms with Gasteiger partial charge in [-0.2, -0.15) is 0 Å². The maximum absolute atomic E-state index is 9.93. The van der Waals surface area contributed by atoms with E-state index in [9.17, 15) is 5.11 Å². The van der Waals surface area contributed by atoms with Crippen LogP contribution in [0.4, 0.5) is 0 Å². The summed E-state index contributed by atoms with van der Waals surface area (Å²) in [6.45, 7) is 11.7. The van der Waals surface area contributed by atoms with Gasteiger partial charge in [0.15, 0.2) is 0 Å². The third kappa shape index (κ3) is 5.68. The fourth-order valence-corrected chi connectivity index (χ4v) is 2.56. The van der Waals surface area contributed by atoms with Crippen LogP contribution in [0.1, 0.15) is 60.3 Å². The van der Waals surface area contributed by atoms with E-state index in [-0.39, 0.29) is 5.60 Å². The van der Waals surface area contributed by atoms with Crippen LogP contribution in [0, 0.1) is 5.41 Å². The number of ether oxygens (including phenoxy) is 1. The Kier molecular flexibility index (Phi) is 5.63. The van der Waals surface area contributed by atoms with Crippen LogP contribution in [0.5, 0.6) is 0 Å². The Morgan fingerprint density at radius 3 is 2.56 bits per heavy atom. The fourth-order valence-electron chi connectivity index (χ4n) is 2.56. The van der Waals surface area contributed by atoms with Gasteiger partial charge in [-0.15, -0.1) is 0 Å². The maximum atomic E-state index is 9.93. The topological polar surface area (TPSA) is 41.5 Å². The second-order valence-corrected chi connectivity index (χ2v) is 7.27. The van der Waals surface area contributed by atoms with Gasteiger partial charge in [0.05, 0.1) is 18.3 Å². The van der Waals surface area contributed by atoms with Gasteiger partial charge in [-0.3, -0.25) is 0 Å². The highest BCUT2D eigenvalue weighted by Gasteiger charge is 2.31. The summed E-state index contributed by atoms with van der Waals surface area (Å²) < 4.78 is 5.59. The second-order valence-electron chi connectivity index (χ2n) is 7.27. The van der Waals surface area contributed by atoms with Crippen molar-refractivity contribution in [1.29, 1.82) is 0 Å². The van der Waals surface area contributed by atoms with E-state index in [4.69, 9.17) is 4.74 Å². The molecule has 0 saturated heterocycles. The Bertz CT molecular complexity index is 245. The Balaban J connectivity index is 2.27. The third-order valence-electron chi connectivity index (χ3n) is 3.82. The molecule has 1 fully saturated rings. The minimum atomic E-state index is -0.415. The van der Waals surface area contributed by atoms with Crippen LogP contribution in [0.25, 0.3) is 0 Å². The molecule has 1 aliphatic rings. The molecule has 18 heavy (non-hydrogen) atoms. The number of hydrogen-bond donors (Lipinski definition) is 2. The van der Waals surface area contributed by atoms with Gasteiger partial charge in [-0.25, -0.2) is 0 Å². The number of rotatable bonds is 5. The van der Waals surface area contributed by atoms with Crippen LogP contribution < -0.4 is 5.32 Å². The molecule has 0 radical (unpaired) electrons. The molecule has 2 N–H and O–H groups in total. The van der Waals surface area contributed by atoms with Crippen LogP contribution >= 0.6 is 0 Å². The molecule has 0 aromatic carbocycles. The lowest BCUT2D eigenvalue weighted by atomic mass is 9.73. The van der Waals surface area contributed by atoms with Crippen LogP contribution in [0.15, 0.2) is 0 Å². The molecule has 0 bridgehead atoms. The summed E-state index contributed by atoms with van der Waals surface area (Å²) in [4.78, 5) is 0. The first kappa shape index (κ1) is 15.9. The molecule has 108 valence electrons. The summed E-state index contributed by atoms with van der Waals surface area (Å²) >= 11 is 0. The molecule has 1 aliphatic carbocycles. The van der Waals surface area contributed by atoms with Gasteiger partial charge in [0.1, 0.15) is 0 Å². The molecule has 1 rings (SSSR count). The lowest BCUT2D eigenvalue weighted by Crippen LogP contribution is -2.47. The van der Waals surface area contributed by atoms with Crippen molar-refractivity contribution in [2.24, 2.45) is 5.41 Å². The standard InChI is InChI=1S/C15H31NO2/c1-14(2,3)18-11-12(17)10-16-13-8-6-7-9-15(13,4)5/h12-13,16-17H,6-11H2,1-5H3. The molecule has 3 nitrogen and oxygen atoms in total. The van der Waals surface area contributed by atoms with Crippen LogP contribution in [-0.2, 0) is 4.74 Å². The molecular formula is C15H31NO2. The van der Waals surface area contributed by atoms with Crippen LogP contribution in [-0.4, -0.2) is 36.0 Å². The van der Waals surface area contributed by atoms with E-state index in [0.717, 1.165) is 0 Å². The molecule has 3 heteroatoms. The van der Waals surface area contributed by atoms with E-state index in [1.165, 1.54) is 25.7 Å². The Hall–Kier alpha value is -0.120. The van der Waals surface area contributed by atoms with Crippen molar-refractivity contribution in [2.75, 3.05) is 13.2 Å². The largest absolute Gasteiger partial charge is 0.389 e. The van der Waals surface area contributed by atoms with Crippen molar-refractivity contribution >= 4 is 0 Å². The van der Waals surface area contributed by atoms with Gasteiger partial charge in [-0.05, 0) is 39.0 Å². The smallest absolute Gasteiger partial charge is 0.0898 e. The minimum Gasteiger partial charge on any atom is -0.389 e. The number of hydrogen-bond acceptors (Lipinski definition) is 3. The van der Waals surface area contributed by atoms with E-state index in [0.29, 0.717) is 24.6 Å². The Labute approximate surface area is 112 Å². The fraction of sp³-hybridized carbons (Fsp3) is 1.00. The molecule has 2 atom stereocenters. The van der Waals surface area contributed by atoms with Crippen LogP contribution in [0.2, 0.25) is 0 Å². The molecule has 0 aromatic rings. The normalized spacial score (nSPS) is 26.0. The number of nitrogens with one attached hydrogen (secondary N) is 1. The molecular weight excluding hydrogens is 226 g/mol. The number of aliphatic hydroxyl groups excluding tert-OH is 1. The first-order chi connectivity index (χ1) is 8.21. The lowest BCUT2D eigenvalue weighted by Gasteiger charge is -2.39. The zero-order chi connectivity index (χ0) is 13.8. The summed E-state index contributed by atoms with van der Waals surface area (Å²) in [6.07, 6.45) is 4.72. The van der Waals surface area contributed by atoms with E-state index in [2.05, 4.69) is 19.2 Å². The Morgan fingerprint density at radius 1 is 1.33 bits per heavy atom. The highest BCUT2D eigenvalue weighted by molar-refractivity contribution is 4.88. The predicted molar refractivity (Wildman–Crippen MR) is 75.8 cm³/mol. The monoisotopic (exact) mass is 257 g/mol.